The SMILES string of the molecule is COC(=O)c1ccc(COc2cc(COc3cc(CBr)cc(OCc4cc(OCc5ccc(C(=O)OC)cc5)cc(OCc5cccc(C(=O)OC)c5)c4)c3)cc(OCc3ccc(C(=O)OC)cc3)c2)cc1. The highest BCUT2D eigenvalue weighted by Crippen LogP contribution is 2.31. The van der Waals surface area contributed by atoms with Crippen molar-refractivity contribution in [1.29, 1.82) is 0 Å². The third-order valence-corrected chi connectivity index (χ3v) is 11.5. The molecule has 0 radical (unpaired) electrons. The van der Waals surface area contributed by atoms with Crippen molar-refractivity contribution in [3.63, 3.8) is 0 Å². The molecule has 0 spiro atoms. The first-order valence-corrected chi connectivity index (χ1v) is 23.6. The molecule has 0 aromatic heterocycles. The van der Waals surface area contributed by atoms with Gasteiger partial charge in [-0.15, -0.1) is 0 Å². The Morgan fingerprint density at radius 1 is 0.306 bits per heavy atom. The van der Waals surface area contributed by atoms with Crippen molar-refractivity contribution in [3.05, 3.63) is 213 Å². The molecule has 0 bridgehead atoms. The molecule has 0 N–H and O–H groups in total. The molecule has 7 rings (SSSR count). The number of esters is 4. The largest absolute Gasteiger partial charge is 0.489 e. The second kappa shape index (κ2) is 25.5. The normalized spacial score (nSPS) is 10.6. The van der Waals surface area contributed by atoms with E-state index in [1.54, 1.807) is 103 Å². The summed E-state index contributed by atoms with van der Waals surface area (Å²) in [4.78, 5) is 48.1. The molecule has 0 aliphatic carbocycles. The molecule has 0 saturated heterocycles. The number of methoxy groups -OCH3 is 4. The lowest BCUT2D eigenvalue weighted by Gasteiger charge is -2.16. The van der Waals surface area contributed by atoms with Gasteiger partial charge in [0.1, 0.15) is 74.1 Å². The molecule has 0 aliphatic rings. The highest BCUT2D eigenvalue weighted by Gasteiger charge is 2.13. The van der Waals surface area contributed by atoms with Crippen LogP contribution < -0.4 is 28.4 Å². The van der Waals surface area contributed by atoms with E-state index in [4.69, 9.17) is 47.4 Å². The van der Waals surface area contributed by atoms with Crippen LogP contribution in [0.5, 0.6) is 34.5 Å². The van der Waals surface area contributed by atoms with Gasteiger partial charge in [0.2, 0.25) is 0 Å². The summed E-state index contributed by atoms with van der Waals surface area (Å²) in [5, 5.41) is 0.530. The van der Waals surface area contributed by atoms with Crippen LogP contribution in [0.3, 0.4) is 0 Å². The van der Waals surface area contributed by atoms with Gasteiger partial charge >= 0.3 is 23.9 Å². The Labute approximate surface area is 425 Å². The molecule has 0 fully saturated rings. The van der Waals surface area contributed by atoms with Gasteiger partial charge in [0, 0.05) is 23.5 Å². The molecule has 370 valence electrons. The zero-order valence-electron chi connectivity index (χ0n) is 40.0. The Morgan fingerprint density at radius 3 is 0.889 bits per heavy atom. The maximum absolute atomic E-state index is 12.2. The van der Waals surface area contributed by atoms with Gasteiger partial charge in [0.15, 0.2) is 0 Å². The van der Waals surface area contributed by atoms with Gasteiger partial charge in [-0.1, -0.05) is 64.5 Å². The van der Waals surface area contributed by atoms with Gasteiger partial charge in [-0.25, -0.2) is 19.2 Å². The maximum atomic E-state index is 12.2. The molecule has 0 amide bonds. The molecule has 7 aromatic carbocycles. The van der Waals surface area contributed by atoms with Gasteiger partial charge in [0.05, 0.1) is 50.7 Å². The molecular formula is C57H51BrO14. The summed E-state index contributed by atoms with van der Waals surface area (Å²) >= 11 is 3.59. The van der Waals surface area contributed by atoms with Gasteiger partial charge in [-0.3, -0.25) is 0 Å². The van der Waals surface area contributed by atoms with Crippen molar-refractivity contribution in [2.45, 2.75) is 45.0 Å². The van der Waals surface area contributed by atoms with E-state index in [1.165, 1.54) is 28.4 Å². The maximum Gasteiger partial charge on any atom is 0.337 e. The Hall–Kier alpha value is -8.30. The predicted molar refractivity (Wildman–Crippen MR) is 269 cm³/mol. The summed E-state index contributed by atoms with van der Waals surface area (Å²) in [5.74, 6) is 1.48. The first kappa shape index (κ1) is 51.5. The van der Waals surface area contributed by atoms with Crippen LogP contribution in [0.15, 0.2) is 152 Å². The molecule has 72 heavy (non-hydrogen) atoms. The number of benzene rings is 7. The highest BCUT2D eigenvalue weighted by atomic mass is 79.9. The number of alkyl halides is 1. The minimum absolute atomic E-state index is 0.140. The quantitative estimate of drug-likeness (QED) is 0.0338. The molecule has 0 heterocycles. The summed E-state index contributed by atoms with van der Waals surface area (Å²) in [6.07, 6.45) is 0. The zero-order valence-corrected chi connectivity index (χ0v) is 41.6. The fourth-order valence-corrected chi connectivity index (χ4v) is 7.43. The van der Waals surface area contributed by atoms with Crippen molar-refractivity contribution < 1.29 is 66.5 Å². The Kier molecular flexibility index (Phi) is 18.3. The summed E-state index contributed by atoms with van der Waals surface area (Å²) in [6.45, 7) is 1.10. The Balaban J connectivity index is 1.07. The molecule has 0 unspecified atom stereocenters. The zero-order chi connectivity index (χ0) is 50.8. The number of halogens is 1. The fourth-order valence-electron chi connectivity index (χ4n) is 7.11. The summed E-state index contributed by atoms with van der Waals surface area (Å²) in [5.41, 5.74) is 7.41. The van der Waals surface area contributed by atoms with Gasteiger partial charge in [-0.05, 0) is 124 Å². The standard InChI is InChI=1S/C57H51BrO14/c1-63-54(59)44-14-8-37(9-15-44)31-67-50-23-42(24-51(28-50)68-32-38-10-16-45(17-11-38)55(60)64-2)35-71-48-21-41(30-58)22-49(27-48)72-36-43-25-52(69-33-39-12-18-46(19-13-39)56(61)65-3)29-53(26-43)70-34-40-6-5-7-47(20-40)57(62)66-4/h5-29H,30-36H2,1-4H3. The van der Waals surface area contributed by atoms with E-state index in [-0.39, 0.29) is 39.6 Å². The minimum Gasteiger partial charge on any atom is -0.489 e. The lowest BCUT2D eigenvalue weighted by Crippen LogP contribution is -2.04. The molecule has 0 saturated carbocycles. The first-order valence-electron chi connectivity index (χ1n) is 22.4. The Morgan fingerprint density at radius 2 is 0.583 bits per heavy atom. The van der Waals surface area contributed by atoms with E-state index < -0.39 is 23.9 Å². The number of hydrogen-bond acceptors (Lipinski definition) is 14. The van der Waals surface area contributed by atoms with Crippen molar-refractivity contribution in [2.24, 2.45) is 0 Å². The molecular weight excluding hydrogens is 989 g/mol. The van der Waals surface area contributed by atoms with E-state index in [0.717, 1.165) is 38.9 Å². The van der Waals surface area contributed by atoms with Crippen LogP contribution in [-0.4, -0.2) is 52.3 Å². The van der Waals surface area contributed by atoms with Gasteiger partial charge in [-0.2, -0.15) is 0 Å². The van der Waals surface area contributed by atoms with E-state index in [2.05, 4.69) is 15.9 Å². The third-order valence-electron chi connectivity index (χ3n) is 10.9. The monoisotopic (exact) mass is 1040 g/mol. The van der Waals surface area contributed by atoms with Crippen LogP contribution in [0.25, 0.3) is 0 Å². The predicted octanol–water partition coefficient (Wildman–Crippen LogP) is 11.2. The van der Waals surface area contributed by atoms with E-state index >= 15 is 0 Å². The lowest BCUT2D eigenvalue weighted by atomic mass is 10.1. The average Bonchev–Trinajstić information content (AvgIpc) is 3.43. The summed E-state index contributed by atoms with van der Waals surface area (Å²) < 4.78 is 57.1. The number of carbonyl (C=O) groups is 4. The molecule has 14 nitrogen and oxygen atoms in total. The van der Waals surface area contributed by atoms with Crippen LogP contribution in [-0.2, 0) is 63.9 Å². The minimum atomic E-state index is -0.445. The van der Waals surface area contributed by atoms with Crippen LogP contribution in [0.4, 0.5) is 0 Å². The fraction of sp³-hybridized carbons (Fsp3) is 0.193. The van der Waals surface area contributed by atoms with Crippen LogP contribution in [0, 0.1) is 0 Å². The second-order valence-electron chi connectivity index (χ2n) is 16.1. The molecule has 15 heteroatoms. The average molecular weight is 1040 g/mol. The van der Waals surface area contributed by atoms with Crippen LogP contribution in [0.1, 0.15) is 80.4 Å². The molecule has 0 aliphatic heterocycles. The second-order valence-corrected chi connectivity index (χ2v) is 16.6. The molecule has 7 aromatic rings. The number of hydrogen-bond donors (Lipinski definition) is 0. The van der Waals surface area contributed by atoms with Crippen LogP contribution >= 0.6 is 15.9 Å². The Bertz CT molecular complexity index is 2890. The smallest absolute Gasteiger partial charge is 0.337 e. The van der Waals surface area contributed by atoms with Crippen molar-refractivity contribution in [2.75, 3.05) is 28.4 Å². The van der Waals surface area contributed by atoms with Crippen molar-refractivity contribution >= 4 is 39.8 Å². The van der Waals surface area contributed by atoms with Gasteiger partial charge in [0.25, 0.3) is 0 Å². The van der Waals surface area contributed by atoms with E-state index in [1.807, 2.05) is 48.5 Å². The lowest BCUT2D eigenvalue weighted by molar-refractivity contribution is 0.0591. The number of carbonyl (C=O) groups excluding carboxylic acids is 4. The first-order chi connectivity index (χ1) is 35.0. The number of ether oxygens (including phenoxy) is 10. The van der Waals surface area contributed by atoms with Gasteiger partial charge < -0.3 is 47.4 Å². The van der Waals surface area contributed by atoms with Crippen molar-refractivity contribution in [3.8, 4) is 34.5 Å². The summed E-state index contributed by atoms with van der Waals surface area (Å²) in [7, 11) is 5.34. The topological polar surface area (TPSA) is 161 Å². The van der Waals surface area contributed by atoms with E-state index in [0.29, 0.717) is 62.1 Å². The third kappa shape index (κ3) is 14.9. The number of rotatable bonds is 23. The molecule has 0 atom stereocenters. The van der Waals surface area contributed by atoms with Crippen molar-refractivity contribution in [1.82, 2.24) is 0 Å². The van der Waals surface area contributed by atoms with E-state index in [9.17, 15) is 19.2 Å². The van der Waals surface area contributed by atoms with Crippen LogP contribution in [0.2, 0.25) is 0 Å². The summed E-state index contributed by atoms with van der Waals surface area (Å²) in [6, 6.07) is 44.6. The highest BCUT2D eigenvalue weighted by molar-refractivity contribution is 9.08.